The molecule has 2 heterocycles. The Hall–Kier alpha value is -1.32. The van der Waals surface area contributed by atoms with Gasteiger partial charge in [0.25, 0.3) is 5.91 Å². The average Bonchev–Trinajstić information content (AvgIpc) is 2.77. The zero-order valence-corrected chi connectivity index (χ0v) is 11.2. The Balaban J connectivity index is 2.07. The molecule has 0 spiro atoms. The summed E-state index contributed by atoms with van der Waals surface area (Å²) < 4.78 is 31.7. The van der Waals surface area contributed by atoms with Gasteiger partial charge in [-0.3, -0.25) is 10.1 Å². The third kappa shape index (κ3) is 3.17. The predicted octanol–water partition coefficient (Wildman–Crippen LogP) is -0.836. The Labute approximate surface area is 110 Å². The number of imide groups is 1. The second-order valence-electron chi connectivity index (χ2n) is 4.46. The smallest absolute Gasteiger partial charge is 0.347 e. The summed E-state index contributed by atoms with van der Waals surface area (Å²) in [6, 6.07) is -0.840. The van der Waals surface area contributed by atoms with E-state index in [1.54, 1.807) is 0 Å². The molecule has 19 heavy (non-hydrogen) atoms. The molecule has 9 heteroatoms. The van der Waals surface area contributed by atoms with Gasteiger partial charge in [0.05, 0.1) is 6.10 Å². The zero-order valence-electron chi connectivity index (χ0n) is 10.4. The number of hydrogen-bond acceptors (Lipinski definition) is 5. The lowest BCUT2D eigenvalue weighted by Crippen LogP contribution is -2.54. The zero-order chi connectivity index (χ0) is 14.0. The van der Waals surface area contributed by atoms with Gasteiger partial charge in [-0.1, -0.05) is 0 Å². The van der Waals surface area contributed by atoms with Crippen molar-refractivity contribution in [2.75, 3.05) is 13.2 Å². The molecule has 106 valence electrons. The Morgan fingerprint density at radius 1 is 1.47 bits per heavy atom. The van der Waals surface area contributed by atoms with Crippen LogP contribution in [0.15, 0.2) is 4.99 Å². The first kappa shape index (κ1) is 14.1. The summed E-state index contributed by atoms with van der Waals surface area (Å²) in [5.41, 5.74) is -0.0337. The van der Waals surface area contributed by atoms with Crippen LogP contribution in [0.5, 0.6) is 0 Å². The van der Waals surface area contributed by atoms with Crippen molar-refractivity contribution in [1.29, 1.82) is 0 Å². The molecular formula is C10H15N3O5S. The van der Waals surface area contributed by atoms with Gasteiger partial charge in [-0.2, -0.15) is 0 Å². The van der Waals surface area contributed by atoms with Crippen molar-refractivity contribution in [1.82, 2.24) is 10.0 Å². The Morgan fingerprint density at radius 3 is 2.79 bits per heavy atom. The van der Waals surface area contributed by atoms with Crippen LogP contribution >= 0.6 is 0 Å². The molecule has 1 saturated heterocycles. The highest BCUT2D eigenvalue weighted by molar-refractivity contribution is 7.91. The molecule has 2 aliphatic rings. The fourth-order valence-corrected chi connectivity index (χ4v) is 3.50. The van der Waals surface area contributed by atoms with Crippen molar-refractivity contribution in [3.8, 4) is 0 Å². The molecule has 2 N–H and O–H groups in total. The van der Waals surface area contributed by atoms with Crippen LogP contribution in [-0.4, -0.2) is 50.6 Å². The maximum Gasteiger partial charge on any atom is 0.347 e. The number of hydrogen-bond donors (Lipinski definition) is 2. The molecule has 2 atom stereocenters. The Bertz CT molecular complexity index is 521. The van der Waals surface area contributed by atoms with Crippen LogP contribution < -0.4 is 10.0 Å². The molecule has 0 aromatic carbocycles. The number of carbonyl (C=O) groups is 2. The van der Waals surface area contributed by atoms with E-state index in [1.807, 2.05) is 5.32 Å². The van der Waals surface area contributed by atoms with E-state index < -0.39 is 27.2 Å². The van der Waals surface area contributed by atoms with Crippen LogP contribution in [0.3, 0.4) is 0 Å². The number of aliphatic imine (C=N–C) groups is 1. The molecule has 0 aliphatic carbocycles. The number of rotatable bonds is 4. The lowest BCUT2D eigenvalue weighted by Gasteiger charge is -2.21. The largest absolute Gasteiger partial charge is 0.377 e. The van der Waals surface area contributed by atoms with Gasteiger partial charge in [0.15, 0.2) is 5.25 Å². The summed E-state index contributed by atoms with van der Waals surface area (Å²) in [5.74, 6) is -0.877. The van der Waals surface area contributed by atoms with Crippen molar-refractivity contribution in [3.63, 3.8) is 0 Å². The second-order valence-corrected chi connectivity index (χ2v) is 6.31. The normalized spacial score (nSPS) is 28.2. The minimum Gasteiger partial charge on any atom is -0.377 e. The minimum atomic E-state index is -3.92. The van der Waals surface area contributed by atoms with E-state index in [4.69, 9.17) is 4.74 Å². The lowest BCUT2D eigenvalue weighted by molar-refractivity contribution is -0.118. The number of urea groups is 1. The van der Waals surface area contributed by atoms with Crippen molar-refractivity contribution < 1.29 is 22.7 Å². The summed E-state index contributed by atoms with van der Waals surface area (Å²) in [5, 5.41) is 0.412. The summed E-state index contributed by atoms with van der Waals surface area (Å²) in [7, 11) is -3.92. The molecular weight excluding hydrogens is 274 g/mol. The summed E-state index contributed by atoms with van der Waals surface area (Å²) in [4.78, 5) is 26.0. The van der Waals surface area contributed by atoms with Crippen LogP contribution in [0.2, 0.25) is 0 Å². The van der Waals surface area contributed by atoms with E-state index >= 15 is 0 Å². The molecule has 0 bridgehead atoms. The van der Waals surface area contributed by atoms with Crippen LogP contribution in [0.25, 0.3) is 0 Å². The Morgan fingerprint density at radius 2 is 2.21 bits per heavy atom. The highest BCUT2D eigenvalue weighted by atomic mass is 32.2. The highest BCUT2D eigenvalue weighted by Gasteiger charge is 2.39. The van der Waals surface area contributed by atoms with Crippen LogP contribution in [0.1, 0.15) is 19.8 Å². The molecule has 2 unspecified atom stereocenters. The molecule has 0 radical (unpaired) electrons. The maximum atomic E-state index is 12.1. The molecule has 1 fully saturated rings. The number of nitrogens with zero attached hydrogens (tertiary/aromatic N) is 1. The van der Waals surface area contributed by atoms with E-state index in [0.29, 0.717) is 6.61 Å². The third-order valence-electron chi connectivity index (χ3n) is 2.97. The number of sulfonamides is 1. The summed E-state index contributed by atoms with van der Waals surface area (Å²) in [6.07, 6.45) is 1.51. The lowest BCUT2D eigenvalue weighted by atomic mass is 10.2. The van der Waals surface area contributed by atoms with Crippen molar-refractivity contribution in [2.24, 2.45) is 4.99 Å². The SMILES string of the molecule is CC1=NC(=O)NC(=O)C1S(=O)(=O)NCC1CCCO1. The molecule has 2 aliphatic heterocycles. The molecule has 3 amide bonds. The second kappa shape index (κ2) is 5.35. The summed E-state index contributed by atoms with van der Waals surface area (Å²) >= 11 is 0. The van der Waals surface area contributed by atoms with Crippen LogP contribution in [0.4, 0.5) is 4.79 Å². The Kier molecular flexibility index (Phi) is 3.97. The highest BCUT2D eigenvalue weighted by Crippen LogP contribution is 2.13. The quantitative estimate of drug-likeness (QED) is 0.700. The molecule has 0 saturated carbocycles. The molecule has 0 aromatic rings. The van der Waals surface area contributed by atoms with Crippen LogP contribution in [0, 0.1) is 0 Å². The molecule has 0 aromatic heterocycles. The van der Waals surface area contributed by atoms with E-state index in [9.17, 15) is 18.0 Å². The first-order valence-corrected chi connectivity index (χ1v) is 7.45. The van der Waals surface area contributed by atoms with Crippen molar-refractivity contribution >= 4 is 27.7 Å². The summed E-state index contributed by atoms with van der Waals surface area (Å²) in [6.45, 7) is 2.07. The fourth-order valence-electron chi connectivity index (χ4n) is 2.07. The van der Waals surface area contributed by atoms with Gasteiger partial charge in [0, 0.05) is 18.9 Å². The van der Waals surface area contributed by atoms with Gasteiger partial charge < -0.3 is 4.74 Å². The first-order chi connectivity index (χ1) is 8.90. The van der Waals surface area contributed by atoms with Gasteiger partial charge in [0.1, 0.15) is 0 Å². The van der Waals surface area contributed by atoms with Crippen molar-refractivity contribution in [3.05, 3.63) is 0 Å². The number of carbonyl (C=O) groups excluding carboxylic acids is 2. The van der Waals surface area contributed by atoms with Gasteiger partial charge in [-0.05, 0) is 19.8 Å². The topological polar surface area (TPSA) is 114 Å². The van der Waals surface area contributed by atoms with Crippen LogP contribution in [-0.2, 0) is 19.6 Å². The average molecular weight is 289 g/mol. The minimum absolute atomic E-state index is 0.0337. The maximum absolute atomic E-state index is 12.1. The third-order valence-corrected chi connectivity index (χ3v) is 4.72. The monoisotopic (exact) mass is 289 g/mol. The van der Waals surface area contributed by atoms with E-state index in [0.717, 1.165) is 12.8 Å². The van der Waals surface area contributed by atoms with E-state index in [1.165, 1.54) is 6.92 Å². The molecule has 8 nitrogen and oxygen atoms in total. The van der Waals surface area contributed by atoms with E-state index in [-0.39, 0.29) is 18.4 Å². The first-order valence-electron chi connectivity index (χ1n) is 5.90. The predicted molar refractivity (Wildman–Crippen MR) is 66.3 cm³/mol. The number of ether oxygens (including phenoxy) is 1. The van der Waals surface area contributed by atoms with Gasteiger partial charge in [0.2, 0.25) is 10.0 Å². The van der Waals surface area contributed by atoms with Gasteiger partial charge >= 0.3 is 6.03 Å². The van der Waals surface area contributed by atoms with Gasteiger partial charge in [-0.25, -0.2) is 22.9 Å². The fraction of sp³-hybridized carbons (Fsp3) is 0.700. The van der Waals surface area contributed by atoms with Gasteiger partial charge in [-0.15, -0.1) is 0 Å². The number of amides is 3. The standard InChI is InChI=1S/C10H15N3O5S/c1-6-8(9(14)13-10(15)12-6)19(16,17)11-5-7-3-2-4-18-7/h7-8,11H,2-5H2,1H3,(H,13,14,15). The number of nitrogens with one attached hydrogen (secondary N) is 2. The molecule has 2 rings (SSSR count). The van der Waals surface area contributed by atoms with E-state index in [2.05, 4.69) is 9.71 Å². The van der Waals surface area contributed by atoms with Crippen molar-refractivity contribution in [2.45, 2.75) is 31.1 Å².